The number of nitrogens with zero attached hydrogens (tertiary/aromatic N) is 1. The third kappa shape index (κ3) is 3.62. The normalized spacial score (nSPS) is 15.1. The predicted molar refractivity (Wildman–Crippen MR) is 89.2 cm³/mol. The Morgan fingerprint density at radius 1 is 0.958 bits per heavy atom. The highest BCUT2D eigenvalue weighted by Gasteiger charge is 2.26. The standard InChI is InChI=1S/C19H19FN2O2/c20-17-9-5-4-8-16(17)19(24)22-12-10-15(11-13-22)21-18(23)14-6-2-1-3-7-14/h1-9,15H,10-13H2,(H,21,23). The van der Waals surface area contributed by atoms with Gasteiger partial charge in [0, 0.05) is 24.7 Å². The molecule has 2 aromatic rings. The van der Waals surface area contributed by atoms with E-state index >= 15 is 0 Å². The van der Waals surface area contributed by atoms with Gasteiger partial charge in [0.15, 0.2) is 0 Å². The Bertz CT molecular complexity index is 725. The summed E-state index contributed by atoms with van der Waals surface area (Å²) in [6.07, 6.45) is 1.33. The fourth-order valence-corrected chi connectivity index (χ4v) is 2.89. The van der Waals surface area contributed by atoms with E-state index in [4.69, 9.17) is 0 Å². The van der Waals surface area contributed by atoms with Crippen LogP contribution >= 0.6 is 0 Å². The van der Waals surface area contributed by atoms with E-state index in [0.29, 0.717) is 31.5 Å². The number of hydrogen-bond acceptors (Lipinski definition) is 2. The van der Waals surface area contributed by atoms with Crippen molar-refractivity contribution in [2.75, 3.05) is 13.1 Å². The van der Waals surface area contributed by atoms with Gasteiger partial charge in [-0.1, -0.05) is 30.3 Å². The summed E-state index contributed by atoms with van der Waals surface area (Å²) in [5.41, 5.74) is 0.728. The molecule has 0 saturated carbocycles. The number of likely N-dealkylation sites (tertiary alicyclic amines) is 1. The van der Waals surface area contributed by atoms with Crippen molar-refractivity contribution in [2.45, 2.75) is 18.9 Å². The first-order valence-corrected chi connectivity index (χ1v) is 8.05. The van der Waals surface area contributed by atoms with Crippen molar-refractivity contribution in [3.05, 3.63) is 71.5 Å². The molecular weight excluding hydrogens is 307 g/mol. The molecule has 3 rings (SSSR count). The molecule has 0 unspecified atom stereocenters. The molecule has 2 aromatic carbocycles. The lowest BCUT2D eigenvalue weighted by atomic mass is 10.0. The fourth-order valence-electron chi connectivity index (χ4n) is 2.89. The summed E-state index contributed by atoms with van der Waals surface area (Å²) in [6, 6.07) is 15.1. The van der Waals surface area contributed by atoms with Crippen LogP contribution in [0.15, 0.2) is 54.6 Å². The Hall–Kier alpha value is -2.69. The smallest absolute Gasteiger partial charge is 0.256 e. The summed E-state index contributed by atoms with van der Waals surface area (Å²) in [5, 5.41) is 2.99. The number of rotatable bonds is 3. The lowest BCUT2D eigenvalue weighted by Gasteiger charge is -2.32. The van der Waals surface area contributed by atoms with Crippen LogP contribution in [-0.4, -0.2) is 35.8 Å². The van der Waals surface area contributed by atoms with E-state index in [1.54, 1.807) is 29.2 Å². The number of hydrogen-bond donors (Lipinski definition) is 1. The van der Waals surface area contributed by atoms with Gasteiger partial charge >= 0.3 is 0 Å². The number of carbonyl (C=O) groups excluding carboxylic acids is 2. The molecule has 0 atom stereocenters. The van der Waals surface area contributed by atoms with Crippen molar-refractivity contribution < 1.29 is 14.0 Å². The minimum absolute atomic E-state index is 0.0300. The molecule has 1 aliphatic heterocycles. The summed E-state index contributed by atoms with van der Waals surface area (Å²) >= 11 is 0. The zero-order chi connectivity index (χ0) is 16.9. The van der Waals surface area contributed by atoms with E-state index in [1.807, 2.05) is 18.2 Å². The van der Waals surface area contributed by atoms with Gasteiger partial charge in [-0.05, 0) is 37.1 Å². The summed E-state index contributed by atoms with van der Waals surface area (Å²) in [7, 11) is 0. The summed E-state index contributed by atoms with van der Waals surface area (Å²) in [6.45, 7) is 1.01. The van der Waals surface area contributed by atoms with Crippen molar-refractivity contribution in [1.29, 1.82) is 0 Å². The highest BCUT2D eigenvalue weighted by Crippen LogP contribution is 2.16. The molecule has 2 amide bonds. The third-order valence-corrected chi connectivity index (χ3v) is 4.26. The molecule has 4 nitrogen and oxygen atoms in total. The summed E-state index contributed by atoms with van der Waals surface area (Å²) < 4.78 is 13.7. The van der Waals surface area contributed by atoms with Gasteiger partial charge in [-0.25, -0.2) is 4.39 Å². The average molecular weight is 326 g/mol. The second-order valence-electron chi connectivity index (χ2n) is 5.89. The van der Waals surface area contributed by atoms with Crippen LogP contribution < -0.4 is 5.32 Å². The van der Waals surface area contributed by atoms with Gasteiger partial charge < -0.3 is 10.2 Å². The number of halogens is 1. The number of piperidine rings is 1. The average Bonchev–Trinajstić information content (AvgIpc) is 2.63. The third-order valence-electron chi connectivity index (χ3n) is 4.26. The Kier molecular flexibility index (Phi) is 4.89. The molecule has 24 heavy (non-hydrogen) atoms. The lowest BCUT2D eigenvalue weighted by molar-refractivity contribution is 0.0693. The zero-order valence-corrected chi connectivity index (χ0v) is 13.2. The topological polar surface area (TPSA) is 49.4 Å². The molecule has 0 aromatic heterocycles. The van der Waals surface area contributed by atoms with Gasteiger partial charge in [-0.2, -0.15) is 0 Å². The van der Waals surface area contributed by atoms with Gasteiger partial charge in [-0.3, -0.25) is 9.59 Å². The van der Waals surface area contributed by atoms with Gasteiger partial charge in [0.2, 0.25) is 0 Å². The molecular formula is C19H19FN2O2. The van der Waals surface area contributed by atoms with E-state index in [9.17, 15) is 14.0 Å². The van der Waals surface area contributed by atoms with Crippen LogP contribution in [0.4, 0.5) is 4.39 Å². The van der Waals surface area contributed by atoms with Crippen LogP contribution in [0.1, 0.15) is 33.6 Å². The maximum atomic E-state index is 13.7. The molecule has 1 N–H and O–H groups in total. The van der Waals surface area contributed by atoms with E-state index in [2.05, 4.69) is 5.32 Å². The first kappa shape index (κ1) is 16.2. The molecule has 0 spiro atoms. The molecule has 5 heteroatoms. The predicted octanol–water partition coefficient (Wildman–Crippen LogP) is 2.86. The monoisotopic (exact) mass is 326 g/mol. The van der Waals surface area contributed by atoms with Gasteiger partial charge in [0.1, 0.15) is 5.82 Å². The molecule has 0 bridgehead atoms. The van der Waals surface area contributed by atoms with Crippen LogP contribution in [-0.2, 0) is 0 Å². The molecule has 1 saturated heterocycles. The van der Waals surface area contributed by atoms with Crippen molar-refractivity contribution in [3.63, 3.8) is 0 Å². The van der Waals surface area contributed by atoms with Crippen molar-refractivity contribution >= 4 is 11.8 Å². The van der Waals surface area contributed by atoms with E-state index < -0.39 is 5.82 Å². The first-order chi connectivity index (χ1) is 11.6. The van der Waals surface area contributed by atoms with E-state index in [-0.39, 0.29) is 23.4 Å². The molecule has 0 aliphatic carbocycles. The first-order valence-electron chi connectivity index (χ1n) is 8.05. The van der Waals surface area contributed by atoms with Crippen LogP contribution in [0.3, 0.4) is 0 Å². The second-order valence-corrected chi connectivity index (χ2v) is 5.89. The molecule has 1 heterocycles. The van der Waals surface area contributed by atoms with Gasteiger partial charge in [0.05, 0.1) is 5.56 Å². The van der Waals surface area contributed by atoms with Gasteiger partial charge in [0.25, 0.3) is 11.8 Å². The lowest BCUT2D eigenvalue weighted by Crippen LogP contribution is -2.46. The summed E-state index contributed by atoms with van der Waals surface area (Å²) in [4.78, 5) is 26.2. The minimum Gasteiger partial charge on any atom is -0.349 e. The second kappa shape index (κ2) is 7.25. The van der Waals surface area contributed by atoms with E-state index in [1.165, 1.54) is 12.1 Å². The van der Waals surface area contributed by atoms with Gasteiger partial charge in [-0.15, -0.1) is 0 Å². The maximum absolute atomic E-state index is 13.7. The molecule has 1 fully saturated rings. The Morgan fingerprint density at radius 3 is 2.25 bits per heavy atom. The fraction of sp³-hybridized carbons (Fsp3) is 0.263. The number of nitrogens with one attached hydrogen (secondary N) is 1. The molecule has 1 aliphatic rings. The zero-order valence-electron chi connectivity index (χ0n) is 13.2. The highest BCUT2D eigenvalue weighted by atomic mass is 19.1. The van der Waals surface area contributed by atoms with Crippen LogP contribution in [0.2, 0.25) is 0 Å². The van der Waals surface area contributed by atoms with E-state index in [0.717, 1.165) is 0 Å². The Balaban J connectivity index is 1.55. The largest absolute Gasteiger partial charge is 0.349 e. The van der Waals surface area contributed by atoms with Crippen LogP contribution in [0.5, 0.6) is 0 Å². The minimum atomic E-state index is -0.498. The van der Waals surface area contributed by atoms with Crippen LogP contribution in [0, 0.1) is 5.82 Å². The summed E-state index contributed by atoms with van der Waals surface area (Å²) in [5.74, 6) is -0.891. The quantitative estimate of drug-likeness (QED) is 0.943. The number of carbonyl (C=O) groups is 2. The SMILES string of the molecule is O=C(NC1CCN(C(=O)c2ccccc2F)CC1)c1ccccc1. The Labute approximate surface area is 140 Å². The van der Waals surface area contributed by atoms with Crippen molar-refractivity contribution in [3.8, 4) is 0 Å². The number of amides is 2. The van der Waals surface area contributed by atoms with Crippen molar-refractivity contribution in [2.24, 2.45) is 0 Å². The Morgan fingerprint density at radius 2 is 1.58 bits per heavy atom. The highest BCUT2D eigenvalue weighted by molar-refractivity contribution is 5.95. The maximum Gasteiger partial charge on any atom is 0.256 e. The van der Waals surface area contributed by atoms with Crippen LogP contribution in [0.25, 0.3) is 0 Å². The number of benzene rings is 2. The molecule has 124 valence electrons. The molecule has 0 radical (unpaired) electrons. The van der Waals surface area contributed by atoms with Crippen molar-refractivity contribution in [1.82, 2.24) is 10.2 Å².